The first-order valence-electron chi connectivity index (χ1n) is 8.51. The van der Waals surface area contributed by atoms with E-state index in [2.05, 4.69) is 0 Å². The number of imide groups is 1. The van der Waals surface area contributed by atoms with Crippen LogP contribution in [0.15, 0.2) is 47.4 Å². The Morgan fingerprint density at radius 3 is 2.68 bits per heavy atom. The fourth-order valence-corrected chi connectivity index (χ4v) is 3.59. The first kappa shape index (κ1) is 19.5. The topological polar surface area (TPSA) is 79.6 Å². The summed E-state index contributed by atoms with van der Waals surface area (Å²) in [5.41, 5.74) is 2.66. The van der Waals surface area contributed by atoms with Crippen LogP contribution in [0.25, 0.3) is 6.08 Å². The molecule has 0 bridgehead atoms. The van der Waals surface area contributed by atoms with Crippen LogP contribution in [0.1, 0.15) is 16.7 Å². The molecule has 0 saturated carbocycles. The number of aryl methyl sites for hydroxylation is 1. The Kier molecular flexibility index (Phi) is 6.02. The Hall–Kier alpha value is -3.24. The van der Waals surface area contributed by atoms with Crippen LogP contribution >= 0.6 is 11.8 Å². The van der Waals surface area contributed by atoms with E-state index in [1.54, 1.807) is 24.3 Å². The zero-order valence-electron chi connectivity index (χ0n) is 15.5. The monoisotopic (exact) mass is 394 g/mol. The molecule has 0 unspecified atom stereocenters. The zero-order valence-corrected chi connectivity index (χ0v) is 16.3. The fraction of sp³-hybridized carbons (Fsp3) is 0.190. The number of rotatable bonds is 6. The summed E-state index contributed by atoms with van der Waals surface area (Å²) in [7, 11) is 1.49. The average Bonchev–Trinajstić information content (AvgIpc) is 2.95. The highest BCUT2D eigenvalue weighted by Crippen LogP contribution is 2.35. The van der Waals surface area contributed by atoms with Gasteiger partial charge in [-0.15, -0.1) is 0 Å². The van der Waals surface area contributed by atoms with Crippen molar-refractivity contribution in [2.75, 3.05) is 13.7 Å². The van der Waals surface area contributed by atoms with E-state index < -0.39 is 0 Å². The van der Waals surface area contributed by atoms with E-state index in [1.807, 2.05) is 37.3 Å². The summed E-state index contributed by atoms with van der Waals surface area (Å²) in [6.45, 7) is 2.11. The van der Waals surface area contributed by atoms with Crippen molar-refractivity contribution in [2.45, 2.75) is 13.5 Å². The van der Waals surface area contributed by atoms with Crippen LogP contribution < -0.4 is 9.47 Å². The lowest BCUT2D eigenvalue weighted by molar-refractivity contribution is -0.123. The smallest absolute Gasteiger partial charge is 0.293 e. The molecule has 142 valence electrons. The number of carbonyl (C=O) groups excluding carboxylic acids is 2. The fourth-order valence-electron chi connectivity index (χ4n) is 2.75. The van der Waals surface area contributed by atoms with Crippen molar-refractivity contribution in [1.82, 2.24) is 4.90 Å². The van der Waals surface area contributed by atoms with E-state index in [0.29, 0.717) is 22.0 Å². The van der Waals surface area contributed by atoms with Crippen molar-refractivity contribution in [1.29, 1.82) is 5.26 Å². The first-order valence-corrected chi connectivity index (χ1v) is 9.33. The Bertz CT molecular complexity index is 994. The van der Waals surface area contributed by atoms with E-state index >= 15 is 0 Å². The van der Waals surface area contributed by atoms with Gasteiger partial charge in [0.05, 0.1) is 18.6 Å². The molecular weight excluding hydrogens is 376 g/mol. The van der Waals surface area contributed by atoms with E-state index in [1.165, 1.54) is 12.0 Å². The molecule has 1 aliphatic rings. The van der Waals surface area contributed by atoms with Crippen LogP contribution in [-0.4, -0.2) is 29.8 Å². The second-order valence-electron chi connectivity index (χ2n) is 6.05. The van der Waals surface area contributed by atoms with Gasteiger partial charge in [-0.25, -0.2) is 0 Å². The summed E-state index contributed by atoms with van der Waals surface area (Å²) in [4.78, 5) is 26.7. The summed E-state index contributed by atoms with van der Waals surface area (Å²) in [6.07, 6.45) is 1.65. The molecular formula is C21H18N2O4S. The lowest BCUT2D eigenvalue weighted by Gasteiger charge is -2.14. The number of hydrogen-bond acceptors (Lipinski definition) is 6. The lowest BCUT2D eigenvalue weighted by atomic mass is 10.1. The number of nitrogens with zero attached hydrogens (tertiary/aromatic N) is 2. The number of amides is 2. The lowest BCUT2D eigenvalue weighted by Crippen LogP contribution is -2.27. The summed E-state index contributed by atoms with van der Waals surface area (Å²) >= 11 is 0.917. The van der Waals surface area contributed by atoms with Gasteiger partial charge in [0.2, 0.25) is 0 Å². The number of carbonyl (C=O) groups is 2. The molecule has 0 N–H and O–H groups in total. The third kappa shape index (κ3) is 4.18. The van der Waals surface area contributed by atoms with Gasteiger partial charge in [0, 0.05) is 0 Å². The highest BCUT2D eigenvalue weighted by atomic mass is 32.2. The average molecular weight is 394 g/mol. The molecule has 0 aliphatic carbocycles. The van der Waals surface area contributed by atoms with Crippen molar-refractivity contribution in [3.63, 3.8) is 0 Å². The van der Waals surface area contributed by atoms with Crippen LogP contribution in [0.3, 0.4) is 0 Å². The Morgan fingerprint density at radius 1 is 1.18 bits per heavy atom. The molecule has 1 aliphatic heterocycles. The van der Waals surface area contributed by atoms with E-state index in [9.17, 15) is 9.59 Å². The minimum absolute atomic E-state index is 0.0898. The van der Waals surface area contributed by atoms with Gasteiger partial charge in [-0.3, -0.25) is 14.5 Å². The van der Waals surface area contributed by atoms with Crippen LogP contribution in [-0.2, 0) is 11.3 Å². The maximum absolute atomic E-state index is 12.7. The maximum Gasteiger partial charge on any atom is 0.293 e. The van der Waals surface area contributed by atoms with Gasteiger partial charge in [0.1, 0.15) is 6.07 Å². The van der Waals surface area contributed by atoms with Gasteiger partial charge in [0.15, 0.2) is 18.1 Å². The maximum atomic E-state index is 12.7. The first-order chi connectivity index (χ1) is 13.5. The molecule has 2 aromatic rings. The molecule has 6 nitrogen and oxygen atoms in total. The second kappa shape index (κ2) is 8.63. The Morgan fingerprint density at radius 2 is 1.96 bits per heavy atom. The molecule has 0 aromatic heterocycles. The molecule has 2 amide bonds. The van der Waals surface area contributed by atoms with Gasteiger partial charge in [-0.1, -0.05) is 30.3 Å². The minimum Gasteiger partial charge on any atom is -0.493 e. The number of thioether (sulfide) groups is 1. The van der Waals surface area contributed by atoms with Gasteiger partial charge in [-0.05, 0) is 53.6 Å². The highest BCUT2D eigenvalue weighted by molar-refractivity contribution is 8.18. The summed E-state index contributed by atoms with van der Waals surface area (Å²) < 4.78 is 10.6. The minimum atomic E-state index is -0.318. The SMILES string of the molecule is COc1cc(/C=C2\SC(=O)N(Cc3ccccc3C)C2=O)ccc1OCC#N. The quantitative estimate of drug-likeness (QED) is 0.685. The molecule has 3 rings (SSSR count). The molecule has 1 fully saturated rings. The third-order valence-corrected chi connectivity index (χ3v) is 5.15. The Labute approximate surface area is 167 Å². The normalized spacial score (nSPS) is 15.0. The van der Waals surface area contributed by atoms with Crippen molar-refractivity contribution < 1.29 is 19.1 Å². The standard InChI is InChI=1S/C21H18N2O4S/c1-14-5-3-4-6-16(14)13-23-20(24)19(28-21(23)25)12-15-7-8-17(27-10-9-22)18(11-15)26-2/h3-8,11-12H,10,13H2,1-2H3/b19-12-. The van der Waals surface area contributed by atoms with Gasteiger partial charge in [0.25, 0.3) is 11.1 Å². The molecule has 7 heteroatoms. The highest BCUT2D eigenvalue weighted by Gasteiger charge is 2.35. The molecule has 0 atom stereocenters. The van der Waals surface area contributed by atoms with Gasteiger partial charge < -0.3 is 9.47 Å². The van der Waals surface area contributed by atoms with Crippen LogP contribution in [0.2, 0.25) is 0 Å². The number of benzene rings is 2. The predicted octanol–water partition coefficient (Wildman–Crippen LogP) is 4.14. The third-order valence-electron chi connectivity index (χ3n) is 4.24. The number of ether oxygens (including phenoxy) is 2. The number of hydrogen-bond donors (Lipinski definition) is 0. The van der Waals surface area contributed by atoms with Gasteiger partial charge >= 0.3 is 0 Å². The summed E-state index contributed by atoms with van der Waals surface area (Å²) in [6, 6.07) is 14.7. The molecule has 0 radical (unpaired) electrons. The number of methoxy groups -OCH3 is 1. The van der Waals surface area contributed by atoms with E-state index in [4.69, 9.17) is 14.7 Å². The largest absolute Gasteiger partial charge is 0.493 e. The van der Waals surface area contributed by atoms with E-state index in [-0.39, 0.29) is 24.3 Å². The molecule has 28 heavy (non-hydrogen) atoms. The molecule has 1 saturated heterocycles. The van der Waals surface area contributed by atoms with Crippen LogP contribution in [0, 0.1) is 18.3 Å². The zero-order chi connectivity index (χ0) is 20.1. The molecule has 0 spiro atoms. The molecule has 2 aromatic carbocycles. The van der Waals surface area contributed by atoms with Crippen molar-refractivity contribution in [3.8, 4) is 17.6 Å². The molecule has 1 heterocycles. The van der Waals surface area contributed by atoms with Crippen molar-refractivity contribution in [2.24, 2.45) is 0 Å². The summed E-state index contributed by atoms with van der Waals surface area (Å²) in [5.74, 6) is 0.569. The van der Waals surface area contributed by atoms with Crippen LogP contribution in [0.5, 0.6) is 11.5 Å². The Balaban J connectivity index is 1.81. The van der Waals surface area contributed by atoms with Gasteiger partial charge in [-0.2, -0.15) is 5.26 Å². The van der Waals surface area contributed by atoms with Crippen molar-refractivity contribution >= 4 is 29.0 Å². The van der Waals surface area contributed by atoms with Crippen LogP contribution in [0.4, 0.5) is 4.79 Å². The predicted molar refractivity (Wildman–Crippen MR) is 107 cm³/mol. The summed E-state index contributed by atoms with van der Waals surface area (Å²) in [5, 5.41) is 8.34. The number of nitriles is 1. The second-order valence-corrected chi connectivity index (χ2v) is 7.04. The van der Waals surface area contributed by atoms with Crippen molar-refractivity contribution in [3.05, 3.63) is 64.1 Å². The van der Waals surface area contributed by atoms with E-state index in [0.717, 1.165) is 22.9 Å².